The van der Waals surface area contributed by atoms with Crippen molar-refractivity contribution in [3.8, 4) is 22.5 Å². The smallest absolute Gasteiger partial charge is 0.229 e. The van der Waals surface area contributed by atoms with Gasteiger partial charge >= 0.3 is 0 Å². The van der Waals surface area contributed by atoms with Gasteiger partial charge in [0.1, 0.15) is 6.54 Å². The molecule has 1 fully saturated rings. The summed E-state index contributed by atoms with van der Waals surface area (Å²) in [4.78, 5) is 4.46. The molecule has 7 heteroatoms. The minimum absolute atomic E-state index is 0.465. The zero-order valence-electron chi connectivity index (χ0n) is 14.9. The van der Waals surface area contributed by atoms with Crippen LogP contribution in [0.2, 0.25) is 0 Å². The molecule has 0 radical (unpaired) electrons. The molecule has 0 unspecified atom stereocenters. The molecule has 0 bridgehead atoms. The van der Waals surface area contributed by atoms with Crippen LogP contribution in [-0.2, 0) is 6.54 Å². The number of hydrogen-bond donors (Lipinski definition) is 0. The first-order chi connectivity index (χ1) is 13.2. The van der Waals surface area contributed by atoms with E-state index >= 15 is 0 Å². The van der Waals surface area contributed by atoms with Crippen LogP contribution in [0.15, 0.2) is 53.2 Å². The van der Waals surface area contributed by atoms with Crippen LogP contribution in [0.4, 0.5) is 0 Å². The second-order valence-electron chi connectivity index (χ2n) is 6.86. The topological polar surface area (TPSA) is 82.5 Å². The monoisotopic (exact) mass is 358 g/mol. The van der Waals surface area contributed by atoms with E-state index < -0.39 is 0 Å². The van der Waals surface area contributed by atoms with Crippen LogP contribution >= 0.6 is 0 Å². The Morgan fingerprint density at radius 1 is 1.04 bits per heavy atom. The van der Waals surface area contributed by atoms with Crippen LogP contribution in [0.5, 0.6) is 0 Å². The SMILES string of the molecule is Cc1ccc(-c2cccc(-c3ccn(Cc4noc(C5CC5)n4)n3)c2)nn1. The summed E-state index contributed by atoms with van der Waals surface area (Å²) in [6.07, 6.45) is 4.23. The van der Waals surface area contributed by atoms with Gasteiger partial charge < -0.3 is 4.52 Å². The second-order valence-corrected chi connectivity index (χ2v) is 6.86. The van der Waals surface area contributed by atoms with Crippen LogP contribution < -0.4 is 0 Å². The summed E-state index contributed by atoms with van der Waals surface area (Å²) in [6.45, 7) is 2.43. The highest BCUT2D eigenvalue weighted by Crippen LogP contribution is 2.38. The first-order valence-electron chi connectivity index (χ1n) is 9.02. The Morgan fingerprint density at radius 3 is 2.67 bits per heavy atom. The van der Waals surface area contributed by atoms with Gasteiger partial charge in [-0.2, -0.15) is 20.3 Å². The maximum absolute atomic E-state index is 5.31. The van der Waals surface area contributed by atoms with E-state index in [1.165, 1.54) is 0 Å². The summed E-state index contributed by atoms with van der Waals surface area (Å²) in [5.41, 5.74) is 4.69. The lowest BCUT2D eigenvalue weighted by molar-refractivity contribution is 0.372. The van der Waals surface area contributed by atoms with E-state index in [1.807, 2.05) is 54.2 Å². The molecular formula is C20H18N6O. The third kappa shape index (κ3) is 3.36. The van der Waals surface area contributed by atoms with E-state index in [0.29, 0.717) is 18.3 Å². The van der Waals surface area contributed by atoms with Crippen LogP contribution in [0.25, 0.3) is 22.5 Å². The predicted octanol–water partition coefficient (Wildman–Crippen LogP) is 3.62. The van der Waals surface area contributed by atoms with Crippen LogP contribution in [0.1, 0.15) is 36.2 Å². The lowest BCUT2D eigenvalue weighted by Crippen LogP contribution is -2.02. The summed E-state index contributed by atoms with van der Waals surface area (Å²) in [7, 11) is 0. The zero-order chi connectivity index (χ0) is 18.2. The minimum Gasteiger partial charge on any atom is -0.339 e. The van der Waals surface area contributed by atoms with E-state index in [1.54, 1.807) is 0 Å². The summed E-state index contributed by atoms with van der Waals surface area (Å²) in [5.74, 6) is 1.88. The Labute approximate surface area is 156 Å². The molecule has 5 rings (SSSR count). The molecule has 3 heterocycles. The number of rotatable bonds is 5. The van der Waals surface area contributed by atoms with Gasteiger partial charge in [-0.1, -0.05) is 23.4 Å². The van der Waals surface area contributed by atoms with Gasteiger partial charge in [0, 0.05) is 23.2 Å². The lowest BCUT2D eigenvalue weighted by atomic mass is 10.1. The molecule has 0 amide bonds. The van der Waals surface area contributed by atoms with Crippen molar-refractivity contribution in [3.63, 3.8) is 0 Å². The van der Waals surface area contributed by atoms with Gasteiger partial charge in [-0.05, 0) is 44.0 Å². The number of benzene rings is 1. The fraction of sp³-hybridized carbons (Fsp3) is 0.250. The van der Waals surface area contributed by atoms with Crippen molar-refractivity contribution in [1.82, 2.24) is 30.1 Å². The molecule has 0 saturated heterocycles. The Hall–Kier alpha value is -3.35. The van der Waals surface area contributed by atoms with Gasteiger partial charge in [0.15, 0.2) is 5.82 Å². The van der Waals surface area contributed by atoms with Crippen LogP contribution in [0, 0.1) is 6.92 Å². The van der Waals surface area contributed by atoms with Crippen LogP contribution in [0.3, 0.4) is 0 Å². The molecule has 4 aromatic rings. The molecule has 1 aromatic carbocycles. The first-order valence-corrected chi connectivity index (χ1v) is 9.02. The first kappa shape index (κ1) is 15.9. The Morgan fingerprint density at radius 2 is 1.89 bits per heavy atom. The van der Waals surface area contributed by atoms with Gasteiger partial charge in [-0.15, -0.1) is 0 Å². The number of nitrogens with zero attached hydrogens (tertiary/aromatic N) is 6. The third-order valence-electron chi connectivity index (χ3n) is 4.61. The van der Waals surface area contributed by atoms with Crippen molar-refractivity contribution >= 4 is 0 Å². The van der Waals surface area contributed by atoms with Gasteiger partial charge in [-0.25, -0.2) is 0 Å². The Kier molecular flexibility index (Phi) is 3.78. The fourth-order valence-electron chi connectivity index (χ4n) is 2.97. The van der Waals surface area contributed by atoms with E-state index in [0.717, 1.165) is 46.9 Å². The van der Waals surface area contributed by atoms with Crippen molar-refractivity contribution < 1.29 is 4.52 Å². The predicted molar refractivity (Wildman–Crippen MR) is 98.8 cm³/mol. The van der Waals surface area contributed by atoms with E-state index in [9.17, 15) is 0 Å². The lowest BCUT2D eigenvalue weighted by Gasteiger charge is -2.03. The number of aryl methyl sites for hydroxylation is 1. The molecule has 0 aliphatic heterocycles. The molecule has 27 heavy (non-hydrogen) atoms. The van der Waals surface area contributed by atoms with Gasteiger partial charge in [0.05, 0.1) is 17.1 Å². The molecular weight excluding hydrogens is 340 g/mol. The summed E-state index contributed by atoms with van der Waals surface area (Å²) in [5, 5.41) is 17.1. The van der Waals surface area contributed by atoms with E-state index in [2.05, 4.69) is 31.5 Å². The number of hydrogen-bond acceptors (Lipinski definition) is 6. The number of aromatic nitrogens is 6. The highest BCUT2D eigenvalue weighted by molar-refractivity contribution is 5.69. The fourth-order valence-corrected chi connectivity index (χ4v) is 2.97. The van der Waals surface area contributed by atoms with Crippen molar-refractivity contribution in [3.05, 3.63) is 66.1 Å². The normalized spacial score (nSPS) is 13.8. The molecule has 134 valence electrons. The minimum atomic E-state index is 0.465. The highest BCUT2D eigenvalue weighted by Gasteiger charge is 2.29. The molecule has 1 saturated carbocycles. The summed E-state index contributed by atoms with van der Waals surface area (Å²) >= 11 is 0. The second kappa shape index (κ2) is 6.42. The molecule has 7 nitrogen and oxygen atoms in total. The molecule has 0 atom stereocenters. The molecule has 0 spiro atoms. The maximum atomic E-state index is 5.31. The van der Waals surface area contributed by atoms with Gasteiger partial charge in [-0.3, -0.25) is 4.68 Å². The van der Waals surface area contributed by atoms with Crippen molar-refractivity contribution in [2.75, 3.05) is 0 Å². The van der Waals surface area contributed by atoms with Crippen molar-refractivity contribution in [1.29, 1.82) is 0 Å². The average molecular weight is 358 g/mol. The van der Waals surface area contributed by atoms with E-state index in [-0.39, 0.29) is 0 Å². The molecule has 0 N–H and O–H groups in total. The largest absolute Gasteiger partial charge is 0.339 e. The Balaban J connectivity index is 1.37. The van der Waals surface area contributed by atoms with Gasteiger partial charge in [0.25, 0.3) is 0 Å². The molecule has 3 aromatic heterocycles. The zero-order valence-corrected chi connectivity index (χ0v) is 14.9. The van der Waals surface area contributed by atoms with Crippen LogP contribution in [-0.4, -0.2) is 30.1 Å². The maximum Gasteiger partial charge on any atom is 0.229 e. The molecule has 1 aliphatic rings. The van der Waals surface area contributed by atoms with Gasteiger partial charge in [0.2, 0.25) is 5.89 Å². The summed E-state index contributed by atoms with van der Waals surface area (Å²) < 4.78 is 7.14. The quantitative estimate of drug-likeness (QED) is 0.542. The third-order valence-corrected chi connectivity index (χ3v) is 4.61. The molecule has 1 aliphatic carbocycles. The Bertz CT molecular complexity index is 1080. The highest BCUT2D eigenvalue weighted by atomic mass is 16.5. The average Bonchev–Trinajstić information content (AvgIpc) is 3.26. The van der Waals surface area contributed by atoms with Crippen molar-refractivity contribution in [2.45, 2.75) is 32.2 Å². The van der Waals surface area contributed by atoms with E-state index in [4.69, 9.17) is 4.52 Å². The standard InChI is InChI=1S/C20H18N6O/c1-13-5-8-17(23-22-13)15-3-2-4-16(11-15)18-9-10-26(24-18)12-19-21-20(27-25-19)14-6-7-14/h2-5,8-11,14H,6-7,12H2,1H3. The van der Waals surface area contributed by atoms with Crippen molar-refractivity contribution in [2.24, 2.45) is 0 Å². The summed E-state index contributed by atoms with van der Waals surface area (Å²) in [6, 6.07) is 14.1.